The lowest BCUT2D eigenvalue weighted by Crippen LogP contribution is -2.24. The number of hydrogen-bond acceptors (Lipinski definition) is 5. The highest BCUT2D eigenvalue weighted by Crippen LogP contribution is 2.13. The number of nitrogens with zero attached hydrogens (tertiary/aromatic N) is 4. The largest absolute Gasteiger partial charge is 0.392 e. The first-order valence-electron chi connectivity index (χ1n) is 7.08. The number of nitrogens with one attached hydrogen (secondary N) is 1. The number of aliphatic hydroxyl groups is 1. The molecule has 1 heterocycles. The van der Waals surface area contributed by atoms with E-state index >= 15 is 0 Å². The van der Waals surface area contributed by atoms with Gasteiger partial charge in [-0.05, 0) is 33.7 Å². The molecule has 3 aromatic rings. The van der Waals surface area contributed by atoms with Gasteiger partial charge in [-0.1, -0.05) is 36.4 Å². The normalized spacial score (nSPS) is 10.5. The van der Waals surface area contributed by atoms with E-state index in [2.05, 4.69) is 20.8 Å². The third kappa shape index (κ3) is 3.24. The molecule has 7 heteroatoms. The van der Waals surface area contributed by atoms with Gasteiger partial charge in [-0.2, -0.15) is 4.68 Å². The van der Waals surface area contributed by atoms with Crippen molar-refractivity contribution in [3.8, 4) is 5.69 Å². The van der Waals surface area contributed by atoms with Crippen molar-refractivity contribution in [2.75, 3.05) is 0 Å². The molecule has 3 rings (SSSR count). The third-order valence-electron chi connectivity index (χ3n) is 3.47. The van der Waals surface area contributed by atoms with Gasteiger partial charge in [0.25, 0.3) is 5.91 Å². The van der Waals surface area contributed by atoms with Crippen LogP contribution in [0, 0.1) is 0 Å². The van der Waals surface area contributed by atoms with E-state index < -0.39 is 0 Å². The highest BCUT2D eigenvalue weighted by molar-refractivity contribution is 5.97. The summed E-state index contributed by atoms with van der Waals surface area (Å²) < 4.78 is 1.44. The van der Waals surface area contributed by atoms with Crippen LogP contribution in [0.25, 0.3) is 5.69 Å². The van der Waals surface area contributed by atoms with Crippen LogP contribution in [0.5, 0.6) is 0 Å². The van der Waals surface area contributed by atoms with Crippen molar-refractivity contribution < 1.29 is 9.90 Å². The number of amides is 1. The molecular weight excluding hydrogens is 294 g/mol. The monoisotopic (exact) mass is 309 g/mol. The average molecular weight is 309 g/mol. The first-order valence-corrected chi connectivity index (χ1v) is 7.08. The van der Waals surface area contributed by atoms with Gasteiger partial charge in [-0.25, -0.2) is 0 Å². The molecule has 0 atom stereocenters. The lowest BCUT2D eigenvalue weighted by atomic mass is 10.1. The molecule has 0 aliphatic carbocycles. The predicted molar refractivity (Wildman–Crippen MR) is 82.7 cm³/mol. The maximum atomic E-state index is 12.5. The van der Waals surface area contributed by atoms with Crippen LogP contribution in [0.3, 0.4) is 0 Å². The second kappa shape index (κ2) is 6.80. The van der Waals surface area contributed by atoms with Crippen molar-refractivity contribution in [3.05, 3.63) is 71.5 Å². The van der Waals surface area contributed by atoms with Gasteiger partial charge in [-0.3, -0.25) is 4.79 Å². The predicted octanol–water partition coefficient (Wildman–Crippen LogP) is 1.08. The van der Waals surface area contributed by atoms with Gasteiger partial charge >= 0.3 is 0 Å². The summed E-state index contributed by atoms with van der Waals surface area (Å²) in [5, 5.41) is 23.2. The molecule has 7 nitrogen and oxygen atoms in total. The second-order valence-electron chi connectivity index (χ2n) is 4.88. The zero-order chi connectivity index (χ0) is 16.1. The van der Waals surface area contributed by atoms with Gasteiger partial charge < -0.3 is 10.4 Å². The molecule has 0 spiro atoms. The number of rotatable bonds is 5. The van der Waals surface area contributed by atoms with E-state index in [4.69, 9.17) is 0 Å². The Balaban J connectivity index is 1.79. The molecule has 1 amide bonds. The van der Waals surface area contributed by atoms with Gasteiger partial charge in [0.1, 0.15) is 6.33 Å². The van der Waals surface area contributed by atoms with E-state index in [9.17, 15) is 9.90 Å². The van der Waals surface area contributed by atoms with Crippen LogP contribution in [-0.4, -0.2) is 31.2 Å². The first kappa shape index (κ1) is 14.9. The minimum atomic E-state index is -0.233. The van der Waals surface area contributed by atoms with Crippen LogP contribution >= 0.6 is 0 Å². The van der Waals surface area contributed by atoms with Crippen LogP contribution in [0.1, 0.15) is 21.5 Å². The first-order chi connectivity index (χ1) is 11.3. The lowest BCUT2D eigenvalue weighted by molar-refractivity contribution is 0.0950. The molecule has 0 unspecified atom stereocenters. The minimum Gasteiger partial charge on any atom is -0.392 e. The van der Waals surface area contributed by atoms with E-state index in [0.717, 1.165) is 11.1 Å². The van der Waals surface area contributed by atoms with E-state index in [1.165, 1.54) is 11.0 Å². The number of aliphatic hydroxyl groups excluding tert-OH is 1. The van der Waals surface area contributed by atoms with Gasteiger partial charge in [0.15, 0.2) is 0 Å². The van der Waals surface area contributed by atoms with Gasteiger partial charge in [0.05, 0.1) is 17.9 Å². The molecular formula is C16H15N5O2. The summed E-state index contributed by atoms with van der Waals surface area (Å²) in [6.07, 6.45) is 1.44. The topological polar surface area (TPSA) is 92.9 Å². The summed E-state index contributed by atoms with van der Waals surface area (Å²) in [4.78, 5) is 12.5. The summed E-state index contributed by atoms with van der Waals surface area (Å²) in [5.74, 6) is -0.233. The van der Waals surface area contributed by atoms with Crippen molar-refractivity contribution in [1.82, 2.24) is 25.5 Å². The zero-order valence-corrected chi connectivity index (χ0v) is 12.3. The zero-order valence-electron chi connectivity index (χ0n) is 12.3. The van der Waals surface area contributed by atoms with Crippen molar-refractivity contribution >= 4 is 5.91 Å². The van der Waals surface area contributed by atoms with E-state index in [0.29, 0.717) is 17.8 Å². The van der Waals surface area contributed by atoms with Gasteiger partial charge in [0.2, 0.25) is 0 Å². The molecule has 0 bridgehead atoms. The van der Waals surface area contributed by atoms with Crippen molar-refractivity contribution in [1.29, 1.82) is 0 Å². The molecule has 0 aliphatic heterocycles. The Morgan fingerprint density at radius 3 is 2.57 bits per heavy atom. The fourth-order valence-corrected chi connectivity index (χ4v) is 2.29. The lowest BCUT2D eigenvalue weighted by Gasteiger charge is -2.11. The van der Waals surface area contributed by atoms with Crippen LogP contribution in [-0.2, 0) is 13.2 Å². The molecule has 116 valence electrons. The summed E-state index contributed by atoms with van der Waals surface area (Å²) in [7, 11) is 0. The highest BCUT2D eigenvalue weighted by Gasteiger charge is 2.13. The Bertz CT molecular complexity index is 802. The molecule has 0 saturated carbocycles. The fourth-order valence-electron chi connectivity index (χ4n) is 2.29. The highest BCUT2D eigenvalue weighted by atomic mass is 16.3. The number of hydrogen-bond donors (Lipinski definition) is 2. The summed E-state index contributed by atoms with van der Waals surface area (Å²) in [5.41, 5.74) is 2.75. The molecule has 1 aromatic heterocycles. The van der Waals surface area contributed by atoms with Crippen molar-refractivity contribution in [2.45, 2.75) is 13.2 Å². The van der Waals surface area contributed by atoms with Gasteiger partial charge in [-0.15, -0.1) is 5.10 Å². The molecule has 0 fully saturated rings. The van der Waals surface area contributed by atoms with Crippen molar-refractivity contribution in [3.63, 3.8) is 0 Å². The van der Waals surface area contributed by atoms with E-state index in [1.807, 2.05) is 30.3 Å². The molecule has 2 N–H and O–H groups in total. The van der Waals surface area contributed by atoms with Crippen LogP contribution in [0.2, 0.25) is 0 Å². The Kier molecular flexibility index (Phi) is 4.39. The Hall–Kier alpha value is -3.06. The molecule has 0 saturated heterocycles. The smallest absolute Gasteiger partial charge is 0.253 e. The Morgan fingerprint density at radius 2 is 1.83 bits per heavy atom. The average Bonchev–Trinajstić information content (AvgIpc) is 3.14. The quantitative estimate of drug-likeness (QED) is 0.736. The SMILES string of the molecule is O=C(NCc1ccccc1CO)c1ccccc1-n1cnnn1. The minimum absolute atomic E-state index is 0.0622. The molecule has 2 aromatic carbocycles. The maximum Gasteiger partial charge on any atom is 0.253 e. The summed E-state index contributed by atoms with van der Waals surface area (Å²) in [6.45, 7) is 0.271. The third-order valence-corrected chi connectivity index (χ3v) is 3.47. The standard InChI is InChI=1S/C16H15N5O2/c22-10-13-6-2-1-5-12(13)9-17-16(23)14-7-3-4-8-15(14)21-11-18-19-20-21/h1-8,11,22H,9-10H2,(H,17,23). The van der Waals surface area contributed by atoms with Crippen LogP contribution < -0.4 is 5.32 Å². The maximum absolute atomic E-state index is 12.5. The van der Waals surface area contributed by atoms with E-state index in [1.54, 1.807) is 18.2 Å². The number of carbonyl (C=O) groups excluding carboxylic acids is 1. The molecule has 0 radical (unpaired) electrons. The summed E-state index contributed by atoms with van der Waals surface area (Å²) in [6, 6.07) is 14.5. The Labute approximate surface area is 132 Å². The fraction of sp³-hybridized carbons (Fsp3) is 0.125. The number of benzene rings is 2. The van der Waals surface area contributed by atoms with Crippen LogP contribution in [0.4, 0.5) is 0 Å². The number of aromatic nitrogens is 4. The number of para-hydroxylation sites is 1. The Morgan fingerprint density at radius 1 is 1.09 bits per heavy atom. The number of carbonyl (C=O) groups is 1. The van der Waals surface area contributed by atoms with Crippen molar-refractivity contribution in [2.24, 2.45) is 0 Å². The second-order valence-corrected chi connectivity index (χ2v) is 4.88. The number of tetrazole rings is 1. The van der Waals surface area contributed by atoms with Gasteiger partial charge in [0, 0.05) is 6.54 Å². The van der Waals surface area contributed by atoms with Crippen LogP contribution in [0.15, 0.2) is 54.9 Å². The summed E-state index contributed by atoms with van der Waals surface area (Å²) >= 11 is 0. The van der Waals surface area contributed by atoms with E-state index in [-0.39, 0.29) is 12.5 Å². The molecule has 0 aliphatic rings. The molecule has 23 heavy (non-hydrogen) atoms.